The number of anilines is 1. The van der Waals surface area contributed by atoms with Crippen LogP contribution < -0.4 is 11.1 Å². The first-order valence-corrected chi connectivity index (χ1v) is 10.4. The molecular formula is C22H32N4O5. The van der Waals surface area contributed by atoms with Gasteiger partial charge in [0.25, 0.3) is 0 Å². The van der Waals surface area contributed by atoms with Crippen molar-refractivity contribution >= 4 is 11.8 Å². The molecule has 1 aromatic heterocycles. The third-order valence-electron chi connectivity index (χ3n) is 5.08. The minimum Gasteiger partial charge on any atom is -0.444 e. The molecule has 2 heterocycles. The van der Waals surface area contributed by atoms with Crippen molar-refractivity contribution in [3.8, 4) is 5.69 Å². The second kappa shape index (κ2) is 8.03. The van der Waals surface area contributed by atoms with Gasteiger partial charge < -0.3 is 19.2 Å². The lowest BCUT2D eigenvalue weighted by Gasteiger charge is -2.36. The lowest BCUT2D eigenvalue weighted by molar-refractivity contribution is -0.0841. The zero-order valence-corrected chi connectivity index (χ0v) is 19.4. The van der Waals surface area contributed by atoms with Crippen LogP contribution in [0.4, 0.5) is 10.5 Å². The van der Waals surface area contributed by atoms with Crippen molar-refractivity contribution in [3.05, 3.63) is 40.7 Å². The van der Waals surface area contributed by atoms with Gasteiger partial charge in [-0.05, 0) is 64.8 Å². The third kappa shape index (κ3) is 4.61. The maximum atomic E-state index is 13.0. The Labute approximate surface area is 182 Å². The molecule has 1 aromatic carbocycles. The summed E-state index contributed by atoms with van der Waals surface area (Å²) >= 11 is 0. The standard InChI is InChI=1S/C22H32N4O5/c1-13(2)16-17(30-22(6,7)25(16)19(27)31-21(3,4)5)18-24-26(20(28)29-18)15-11-9-14(23-8)10-12-15/h9-13,16-17,23H,1-8H3/t16-,17+/m0/s1. The quantitative estimate of drug-likeness (QED) is 0.781. The van der Waals surface area contributed by atoms with E-state index < -0.39 is 35.3 Å². The largest absolute Gasteiger partial charge is 0.444 e. The maximum absolute atomic E-state index is 13.0. The van der Waals surface area contributed by atoms with Gasteiger partial charge in [-0.25, -0.2) is 9.59 Å². The Morgan fingerprint density at radius 1 is 1.23 bits per heavy atom. The van der Waals surface area contributed by atoms with Crippen LogP contribution in [-0.4, -0.2) is 45.2 Å². The van der Waals surface area contributed by atoms with Crippen molar-refractivity contribution in [2.75, 3.05) is 12.4 Å². The van der Waals surface area contributed by atoms with E-state index in [0.29, 0.717) is 5.69 Å². The number of rotatable bonds is 4. The van der Waals surface area contributed by atoms with Crippen molar-refractivity contribution in [2.45, 2.75) is 71.9 Å². The fourth-order valence-corrected chi connectivity index (χ4v) is 3.77. The topological polar surface area (TPSA) is 98.8 Å². The van der Waals surface area contributed by atoms with E-state index in [1.54, 1.807) is 30.9 Å². The van der Waals surface area contributed by atoms with Gasteiger partial charge in [0, 0.05) is 12.7 Å². The number of nitrogens with zero attached hydrogens (tertiary/aromatic N) is 3. The van der Waals surface area contributed by atoms with Crippen molar-refractivity contribution < 1.29 is 18.7 Å². The number of hydrogen-bond acceptors (Lipinski definition) is 7. The fraction of sp³-hybridized carbons (Fsp3) is 0.591. The highest BCUT2D eigenvalue weighted by Crippen LogP contribution is 2.44. The zero-order chi connectivity index (χ0) is 23.1. The number of carbonyl (C=O) groups is 1. The molecule has 0 saturated carbocycles. The van der Waals surface area contributed by atoms with Gasteiger partial charge in [-0.15, -0.1) is 5.10 Å². The molecule has 0 bridgehead atoms. The molecule has 0 spiro atoms. The third-order valence-corrected chi connectivity index (χ3v) is 5.08. The minimum atomic E-state index is -0.973. The molecule has 0 radical (unpaired) electrons. The van der Waals surface area contributed by atoms with Crippen LogP contribution in [0.1, 0.15) is 60.5 Å². The summed E-state index contributed by atoms with van der Waals surface area (Å²) in [5, 5.41) is 7.43. The Hall–Kier alpha value is -2.81. The lowest BCUT2D eigenvalue weighted by Crippen LogP contribution is -2.51. The van der Waals surface area contributed by atoms with Crippen LogP contribution in [0, 0.1) is 5.92 Å². The summed E-state index contributed by atoms with van der Waals surface area (Å²) in [6.07, 6.45) is -1.20. The van der Waals surface area contributed by atoms with Gasteiger partial charge in [-0.3, -0.25) is 4.90 Å². The first-order valence-electron chi connectivity index (χ1n) is 10.4. The smallest absolute Gasteiger partial charge is 0.442 e. The molecule has 170 valence electrons. The van der Waals surface area contributed by atoms with Gasteiger partial charge in [-0.1, -0.05) is 13.8 Å². The van der Waals surface area contributed by atoms with E-state index in [1.165, 1.54) is 4.68 Å². The van der Waals surface area contributed by atoms with Crippen LogP contribution in [0.15, 0.2) is 33.5 Å². The maximum Gasteiger partial charge on any atom is 0.442 e. The van der Waals surface area contributed by atoms with Crippen LogP contribution in [0.3, 0.4) is 0 Å². The lowest BCUT2D eigenvalue weighted by atomic mass is 9.97. The monoisotopic (exact) mass is 432 g/mol. The molecule has 9 nitrogen and oxygen atoms in total. The average Bonchev–Trinajstić information content (AvgIpc) is 3.17. The number of benzene rings is 1. The van der Waals surface area contributed by atoms with Crippen molar-refractivity contribution in [2.24, 2.45) is 5.92 Å². The van der Waals surface area contributed by atoms with E-state index in [-0.39, 0.29) is 11.8 Å². The molecule has 1 fully saturated rings. The van der Waals surface area contributed by atoms with E-state index in [1.807, 2.05) is 53.8 Å². The summed E-state index contributed by atoms with van der Waals surface area (Å²) in [5.74, 6) is -0.503. The Morgan fingerprint density at radius 3 is 2.35 bits per heavy atom. The predicted molar refractivity (Wildman–Crippen MR) is 116 cm³/mol. The van der Waals surface area contributed by atoms with E-state index in [9.17, 15) is 9.59 Å². The molecule has 9 heteroatoms. The minimum absolute atomic E-state index is 0.00958. The zero-order valence-electron chi connectivity index (χ0n) is 19.4. The van der Waals surface area contributed by atoms with Crippen LogP contribution in [0.25, 0.3) is 5.69 Å². The van der Waals surface area contributed by atoms with Crippen LogP contribution in [0.5, 0.6) is 0 Å². The highest BCUT2D eigenvalue weighted by Gasteiger charge is 2.54. The highest BCUT2D eigenvalue weighted by molar-refractivity contribution is 5.70. The number of carbonyl (C=O) groups excluding carboxylic acids is 1. The molecular weight excluding hydrogens is 400 g/mol. The van der Waals surface area contributed by atoms with Gasteiger partial charge in [-0.2, -0.15) is 4.68 Å². The molecule has 0 unspecified atom stereocenters. The molecule has 1 saturated heterocycles. The molecule has 2 atom stereocenters. The van der Waals surface area contributed by atoms with Crippen molar-refractivity contribution in [3.63, 3.8) is 0 Å². The number of nitrogens with one attached hydrogen (secondary N) is 1. The highest BCUT2D eigenvalue weighted by atomic mass is 16.6. The van der Waals surface area contributed by atoms with E-state index >= 15 is 0 Å². The Morgan fingerprint density at radius 2 is 1.84 bits per heavy atom. The molecule has 31 heavy (non-hydrogen) atoms. The Balaban J connectivity index is 1.98. The van der Waals surface area contributed by atoms with Gasteiger partial charge in [0.15, 0.2) is 6.10 Å². The molecule has 1 amide bonds. The van der Waals surface area contributed by atoms with Gasteiger partial charge in [0.2, 0.25) is 5.89 Å². The van der Waals surface area contributed by atoms with Crippen molar-refractivity contribution in [1.82, 2.24) is 14.7 Å². The van der Waals surface area contributed by atoms with Crippen LogP contribution >= 0.6 is 0 Å². The number of hydrogen-bond donors (Lipinski definition) is 1. The Bertz CT molecular complexity index is 985. The van der Waals surface area contributed by atoms with E-state index in [0.717, 1.165) is 5.69 Å². The average molecular weight is 433 g/mol. The summed E-state index contributed by atoms with van der Waals surface area (Å²) in [5.41, 5.74) is -0.144. The molecule has 1 aliphatic rings. The summed E-state index contributed by atoms with van der Waals surface area (Å²) in [7, 11) is 1.82. The predicted octanol–water partition coefficient (Wildman–Crippen LogP) is 3.94. The second-order valence-electron chi connectivity index (χ2n) is 9.49. The van der Waals surface area contributed by atoms with E-state index in [4.69, 9.17) is 13.9 Å². The molecule has 2 aromatic rings. The van der Waals surface area contributed by atoms with Gasteiger partial charge in [0.1, 0.15) is 11.3 Å². The van der Waals surface area contributed by atoms with Crippen LogP contribution in [0.2, 0.25) is 0 Å². The van der Waals surface area contributed by atoms with Crippen molar-refractivity contribution in [1.29, 1.82) is 0 Å². The normalized spacial score (nSPS) is 20.9. The summed E-state index contributed by atoms with van der Waals surface area (Å²) in [6, 6.07) is 6.79. The van der Waals surface area contributed by atoms with E-state index in [2.05, 4.69) is 10.4 Å². The SMILES string of the molecule is CNc1ccc(-n2nc([C@@H]3OC(C)(C)N(C(=O)OC(C)(C)C)[C@H]3C(C)C)oc2=O)cc1. The second-order valence-corrected chi connectivity index (χ2v) is 9.49. The Kier molecular flexibility index (Phi) is 5.92. The first-order chi connectivity index (χ1) is 14.3. The van der Waals surface area contributed by atoms with Gasteiger partial charge in [0.05, 0.1) is 11.7 Å². The molecule has 0 aliphatic carbocycles. The first kappa shape index (κ1) is 22.9. The molecule has 1 aliphatic heterocycles. The number of aromatic nitrogens is 2. The molecule has 1 N–H and O–H groups in total. The summed E-state index contributed by atoms with van der Waals surface area (Å²) in [4.78, 5) is 27.1. The fourth-order valence-electron chi connectivity index (χ4n) is 3.77. The van der Waals surface area contributed by atoms with Gasteiger partial charge >= 0.3 is 11.8 Å². The molecule has 3 rings (SSSR count). The number of amides is 1. The summed E-state index contributed by atoms with van der Waals surface area (Å²) in [6.45, 7) is 13.0. The number of ether oxygens (including phenoxy) is 2. The summed E-state index contributed by atoms with van der Waals surface area (Å²) < 4.78 is 18.5. The van der Waals surface area contributed by atoms with Crippen LogP contribution in [-0.2, 0) is 9.47 Å².